The molecule has 3 rings (SSSR count). The molecule has 126 valence electrons. The van der Waals surface area contributed by atoms with Crippen molar-refractivity contribution in [2.45, 2.75) is 20.4 Å². The van der Waals surface area contributed by atoms with Crippen LogP contribution < -0.4 is 27.2 Å². The Labute approximate surface area is 139 Å². The van der Waals surface area contributed by atoms with E-state index in [-0.39, 0.29) is 5.70 Å². The van der Waals surface area contributed by atoms with Gasteiger partial charge in [0.1, 0.15) is 5.82 Å². The Hall–Kier alpha value is -3.23. The average molecular weight is 328 g/mol. The first-order chi connectivity index (χ1) is 11.5. The summed E-state index contributed by atoms with van der Waals surface area (Å²) in [6.07, 6.45) is 2.02. The Balaban J connectivity index is 1.99. The molecule has 0 radical (unpaired) electrons. The van der Waals surface area contributed by atoms with Gasteiger partial charge in [-0.3, -0.25) is 25.3 Å². The molecule has 0 bridgehead atoms. The number of fused-ring (bicyclic) bond motifs is 1. The summed E-state index contributed by atoms with van der Waals surface area (Å²) in [6, 6.07) is 3.91. The number of amides is 1. The second-order valence-electron chi connectivity index (χ2n) is 5.40. The third-order valence-corrected chi connectivity index (χ3v) is 3.74. The Morgan fingerprint density at radius 2 is 2.21 bits per heavy atom. The van der Waals surface area contributed by atoms with Gasteiger partial charge in [-0.25, -0.2) is 0 Å². The van der Waals surface area contributed by atoms with Crippen molar-refractivity contribution in [3.63, 3.8) is 0 Å². The number of nitrogens with two attached hydrogens (primary N) is 1. The van der Waals surface area contributed by atoms with E-state index in [1.165, 1.54) is 0 Å². The highest BCUT2D eigenvalue weighted by Gasteiger charge is 2.20. The molecule has 1 amide bonds. The van der Waals surface area contributed by atoms with Gasteiger partial charge in [-0.15, -0.1) is 0 Å². The number of hydrogen-bond acceptors (Lipinski definition) is 5. The summed E-state index contributed by atoms with van der Waals surface area (Å²) in [5.74, 6) is 0.298. The van der Waals surface area contributed by atoms with Crippen LogP contribution in [0.3, 0.4) is 0 Å². The van der Waals surface area contributed by atoms with Gasteiger partial charge in [-0.2, -0.15) is 5.10 Å². The first-order valence-corrected chi connectivity index (χ1v) is 7.56. The Bertz CT molecular complexity index is 864. The van der Waals surface area contributed by atoms with Gasteiger partial charge < -0.3 is 16.4 Å². The molecule has 0 spiro atoms. The summed E-state index contributed by atoms with van der Waals surface area (Å²) in [4.78, 5) is 15.6. The van der Waals surface area contributed by atoms with Gasteiger partial charge >= 0.3 is 0 Å². The molecule has 0 saturated carbocycles. The zero-order valence-corrected chi connectivity index (χ0v) is 13.8. The molecule has 24 heavy (non-hydrogen) atoms. The zero-order valence-electron chi connectivity index (χ0n) is 13.8. The molecule has 1 aliphatic rings. The van der Waals surface area contributed by atoms with Crippen LogP contribution in [-0.2, 0) is 11.3 Å². The number of nitrogens with zero attached hydrogens (tertiary/aromatic N) is 3. The van der Waals surface area contributed by atoms with Crippen molar-refractivity contribution in [3.8, 4) is 0 Å². The average Bonchev–Trinajstić information content (AvgIpc) is 2.98. The smallest absolute Gasteiger partial charge is 0.270 e. The lowest BCUT2D eigenvalue weighted by Gasteiger charge is -2.25. The lowest BCUT2D eigenvalue weighted by Crippen LogP contribution is -2.54. The first-order valence-electron chi connectivity index (χ1n) is 7.56. The Kier molecular flexibility index (Phi) is 3.98. The van der Waals surface area contributed by atoms with E-state index in [0.717, 1.165) is 28.7 Å². The van der Waals surface area contributed by atoms with Gasteiger partial charge in [-0.05, 0) is 31.5 Å². The van der Waals surface area contributed by atoms with Crippen molar-refractivity contribution in [1.82, 2.24) is 25.9 Å². The van der Waals surface area contributed by atoms with Crippen LogP contribution in [0.1, 0.15) is 12.5 Å². The normalized spacial score (nSPS) is 15.9. The quantitative estimate of drug-likeness (QED) is 0.543. The fourth-order valence-electron chi connectivity index (χ4n) is 2.51. The topological polar surface area (TPSA) is 121 Å². The highest BCUT2D eigenvalue weighted by molar-refractivity contribution is 5.96. The predicted molar refractivity (Wildman–Crippen MR) is 92.8 cm³/mol. The molecule has 0 aliphatic carbocycles. The second-order valence-corrected chi connectivity index (χ2v) is 5.40. The molecule has 0 atom stereocenters. The summed E-state index contributed by atoms with van der Waals surface area (Å²) >= 11 is 0. The standard InChI is InChI=1S/C15H20N8O/c1-4-23-7-10-8(2)5-9(6-11(10)22-23)18-14-12(13(16)24)20-21-15(17-3)19-14/h5-7,18,20H,4H2,1-3H3,(H2,16,24)(H2,17,19,21). The number of guanidine groups is 1. The number of nitrogens with one attached hydrogen (secondary N) is 4. The minimum atomic E-state index is -0.597. The molecule has 9 heteroatoms. The second kappa shape index (κ2) is 6.11. The highest BCUT2D eigenvalue weighted by Crippen LogP contribution is 2.23. The highest BCUT2D eigenvalue weighted by atomic mass is 16.1. The van der Waals surface area contributed by atoms with E-state index in [2.05, 4.69) is 31.6 Å². The fourth-order valence-corrected chi connectivity index (χ4v) is 2.51. The number of aliphatic imine (C=N–C) groups is 1. The number of aryl methyl sites for hydroxylation is 2. The summed E-state index contributed by atoms with van der Waals surface area (Å²) in [5, 5.41) is 11.8. The van der Waals surface area contributed by atoms with Gasteiger partial charge in [-0.1, -0.05) is 0 Å². The van der Waals surface area contributed by atoms with Gasteiger partial charge in [0.25, 0.3) is 5.91 Å². The minimum Gasteiger partial charge on any atom is -0.364 e. The van der Waals surface area contributed by atoms with Gasteiger partial charge in [0, 0.05) is 30.9 Å². The molecule has 2 heterocycles. The van der Waals surface area contributed by atoms with E-state index in [0.29, 0.717) is 11.8 Å². The summed E-state index contributed by atoms with van der Waals surface area (Å²) in [7, 11) is 1.62. The van der Waals surface area contributed by atoms with Crippen LogP contribution in [0.15, 0.2) is 34.8 Å². The van der Waals surface area contributed by atoms with Gasteiger partial charge in [0.15, 0.2) is 5.70 Å². The van der Waals surface area contributed by atoms with Crippen molar-refractivity contribution in [2.24, 2.45) is 10.7 Å². The van der Waals surface area contributed by atoms with Crippen molar-refractivity contribution < 1.29 is 4.79 Å². The SMILES string of the molecule is CCn1cc2c(C)cc(NC3=C(C(N)=O)NNC(=NC)N3)cc2n1. The maximum atomic E-state index is 11.6. The molecule has 1 aromatic heterocycles. The third-order valence-electron chi connectivity index (χ3n) is 3.74. The molecule has 2 aromatic rings. The van der Waals surface area contributed by atoms with Crippen LogP contribution in [0.4, 0.5) is 5.69 Å². The van der Waals surface area contributed by atoms with E-state index in [1.54, 1.807) is 7.05 Å². The number of carbonyl (C=O) groups is 1. The van der Waals surface area contributed by atoms with E-state index >= 15 is 0 Å². The number of hydrogen-bond donors (Lipinski definition) is 5. The van der Waals surface area contributed by atoms with Crippen LogP contribution in [0.5, 0.6) is 0 Å². The maximum Gasteiger partial charge on any atom is 0.270 e. The largest absolute Gasteiger partial charge is 0.364 e. The van der Waals surface area contributed by atoms with Crippen molar-refractivity contribution in [1.29, 1.82) is 0 Å². The summed E-state index contributed by atoms with van der Waals surface area (Å²) in [5.41, 5.74) is 13.8. The molecule has 1 aromatic carbocycles. The van der Waals surface area contributed by atoms with Crippen LogP contribution in [0.25, 0.3) is 10.9 Å². The predicted octanol–water partition coefficient (Wildman–Crippen LogP) is 0.114. The number of hydrazine groups is 1. The van der Waals surface area contributed by atoms with Crippen LogP contribution in [0, 0.1) is 6.92 Å². The van der Waals surface area contributed by atoms with Crippen molar-refractivity contribution in [2.75, 3.05) is 12.4 Å². The van der Waals surface area contributed by atoms with E-state index in [1.807, 2.05) is 36.9 Å². The number of rotatable bonds is 4. The number of carbonyl (C=O) groups excluding carboxylic acids is 1. The summed E-state index contributed by atoms with van der Waals surface area (Å²) in [6.45, 7) is 4.87. The Morgan fingerprint density at radius 3 is 2.88 bits per heavy atom. The van der Waals surface area contributed by atoms with Gasteiger partial charge in [0.2, 0.25) is 5.96 Å². The number of primary amides is 1. The van der Waals surface area contributed by atoms with Crippen LogP contribution >= 0.6 is 0 Å². The van der Waals surface area contributed by atoms with Crippen molar-refractivity contribution >= 4 is 28.5 Å². The monoisotopic (exact) mass is 328 g/mol. The molecule has 1 aliphatic heterocycles. The fraction of sp³-hybridized carbons (Fsp3) is 0.267. The lowest BCUT2D eigenvalue weighted by molar-refractivity contribution is -0.115. The molecular formula is C15H20N8O. The Morgan fingerprint density at radius 1 is 1.42 bits per heavy atom. The molecule has 0 saturated heterocycles. The molecule has 6 N–H and O–H groups in total. The molecule has 9 nitrogen and oxygen atoms in total. The number of aromatic nitrogens is 2. The lowest BCUT2D eigenvalue weighted by atomic mass is 10.1. The number of benzene rings is 1. The third kappa shape index (κ3) is 2.83. The first kappa shape index (κ1) is 15.7. The van der Waals surface area contributed by atoms with Crippen molar-refractivity contribution in [3.05, 3.63) is 35.4 Å². The van der Waals surface area contributed by atoms with Crippen LogP contribution in [0.2, 0.25) is 0 Å². The zero-order chi connectivity index (χ0) is 17.3. The summed E-state index contributed by atoms with van der Waals surface area (Å²) < 4.78 is 1.89. The van der Waals surface area contributed by atoms with Gasteiger partial charge in [0.05, 0.1) is 5.52 Å². The maximum absolute atomic E-state index is 11.6. The van der Waals surface area contributed by atoms with E-state index in [9.17, 15) is 4.79 Å². The number of anilines is 1. The van der Waals surface area contributed by atoms with Crippen LogP contribution in [-0.4, -0.2) is 28.7 Å². The minimum absolute atomic E-state index is 0.194. The molecular weight excluding hydrogens is 308 g/mol. The molecule has 0 fully saturated rings. The molecule has 0 unspecified atom stereocenters. The van der Waals surface area contributed by atoms with E-state index in [4.69, 9.17) is 5.73 Å². The van der Waals surface area contributed by atoms with E-state index < -0.39 is 5.91 Å².